The van der Waals surface area contributed by atoms with Crippen LogP contribution >= 0.6 is 11.8 Å². The van der Waals surface area contributed by atoms with Crippen molar-refractivity contribution in [3.05, 3.63) is 0 Å². The van der Waals surface area contributed by atoms with Crippen molar-refractivity contribution < 1.29 is 5.11 Å². The first-order valence-electron chi connectivity index (χ1n) is 3.75. The van der Waals surface area contributed by atoms with Crippen LogP contribution in [0.25, 0.3) is 0 Å². The summed E-state index contributed by atoms with van der Waals surface area (Å²) in [6.45, 7) is 0.898. The lowest BCUT2D eigenvalue weighted by Crippen LogP contribution is -2.27. The first-order valence-corrected chi connectivity index (χ1v) is 4.91. The van der Waals surface area contributed by atoms with Crippen LogP contribution < -0.4 is 5.73 Å². The van der Waals surface area contributed by atoms with Gasteiger partial charge in [0.15, 0.2) is 0 Å². The molecule has 0 aromatic rings. The van der Waals surface area contributed by atoms with Gasteiger partial charge in [0.2, 0.25) is 0 Å². The van der Waals surface area contributed by atoms with E-state index in [0.717, 1.165) is 12.3 Å². The van der Waals surface area contributed by atoms with Gasteiger partial charge in [-0.2, -0.15) is 11.8 Å². The van der Waals surface area contributed by atoms with Crippen LogP contribution in [-0.2, 0) is 0 Å². The van der Waals surface area contributed by atoms with E-state index in [-0.39, 0.29) is 6.61 Å². The zero-order chi connectivity index (χ0) is 7.40. The molecule has 0 amide bonds. The van der Waals surface area contributed by atoms with Crippen LogP contribution in [0.2, 0.25) is 0 Å². The van der Waals surface area contributed by atoms with Gasteiger partial charge in [-0.05, 0) is 36.3 Å². The standard InChI is InChI=1S/C7H15NOS/c8-2-6(3-9)1-7-4-10-5-7/h6-7,9H,1-5,8H2. The number of aliphatic hydroxyl groups excluding tert-OH is 1. The van der Waals surface area contributed by atoms with Crippen molar-refractivity contribution in [3.63, 3.8) is 0 Å². The first-order chi connectivity index (χ1) is 4.86. The maximum Gasteiger partial charge on any atom is 0.0471 e. The van der Waals surface area contributed by atoms with Crippen molar-refractivity contribution in [1.82, 2.24) is 0 Å². The van der Waals surface area contributed by atoms with E-state index in [1.54, 1.807) is 0 Å². The van der Waals surface area contributed by atoms with Crippen molar-refractivity contribution in [1.29, 1.82) is 0 Å². The molecule has 0 aromatic carbocycles. The van der Waals surface area contributed by atoms with Gasteiger partial charge in [-0.25, -0.2) is 0 Å². The molecule has 2 nitrogen and oxygen atoms in total. The predicted octanol–water partition coefficient (Wildman–Crippen LogP) is 0.307. The highest BCUT2D eigenvalue weighted by molar-refractivity contribution is 8.00. The fourth-order valence-electron chi connectivity index (χ4n) is 1.14. The van der Waals surface area contributed by atoms with Gasteiger partial charge in [-0.3, -0.25) is 0 Å². The molecule has 1 aliphatic heterocycles. The van der Waals surface area contributed by atoms with E-state index >= 15 is 0 Å². The minimum atomic E-state index is 0.262. The molecule has 1 fully saturated rings. The Bertz CT molecular complexity index is 91.6. The Morgan fingerprint density at radius 1 is 1.60 bits per heavy atom. The van der Waals surface area contributed by atoms with E-state index in [1.165, 1.54) is 11.5 Å². The summed E-state index contributed by atoms with van der Waals surface area (Å²) in [4.78, 5) is 0. The van der Waals surface area contributed by atoms with Gasteiger partial charge in [-0.1, -0.05) is 0 Å². The number of hydrogen-bond donors (Lipinski definition) is 2. The van der Waals surface area contributed by atoms with Gasteiger partial charge in [0.1, 0.15) is 0 Å². The normalized spacial score (nSPS) is 22.2. The minimum Gasteiger partial charge on any atom is -0.396 e. The lowest BCUT2D eigenvalue weighted by molar-refractivity contribution is 0.210. The SMILES string of the molecule is NCC(CO)CC1CSC1. The van der Waals surface area contributed by atoms with E-state index in [1.807, 2.05) is 11.8 Å². The zero-order valence-electron chi connectivity index (χ0n) is 6.12. The highest BCUT2D eigenvalue weighted by Crippen LogP contribution is 2.29. The Labute approximate surface area is 66.2 Å². The van der Waals surface area contributed by atoms with Gasteiger partial charge in [-0.15, -0.1) is 0 Å². The smallest absolute Gasteiger partial charge is 0.0471 e. The number of aliphatic hydroxyl groups is 1. The van der Waals surface area contributed by atoms with Crippen LogP contribution in [0.4, 0.5) is 0 Å². The molecule has 3 heteroatoms. The predicted molar refractivity (Wildman–Crippen MR) is 45.1 cm³/mol. The first kappa shape index (κ1) is 8.37. The molecule has 1 heterocycles. The Morgan fingerprint density at radius 3 is 2.60 bits per heavy atom. The third kappa shape index (κ3) is 2.15. The second kappa shape index (κ2) is 4.21. The Kier molecular flexibility index (Phi) is 3.52. The lowest BCUT2D eigenvalue weighted by atomic mass is 9.97. The average Bonchev–Trinajstić information content (AvgIpc) is 1.87. The molecule has 1 rings (SSSR count). The molecule has 0 saturated carbocycles. The monoisotopic (exact) mass is 161 g/mol. The van der Waals surface area contributed by atoms with Crippen molar-refractivity contribution in [3.8, 4) is 0 Å². The van der Waals surface area contributed by atoms with Gasteiger partial charge in [0, 0.05) is 6.61 Å². The van der Waals surface area contributed by atoms with E-state index in [4.69, 9.17) is 10.8 Å². The number of thioether (sulfide) groups is 1. The molecule has 1 atom stereocenters. The summed E-state index contributed by atoms with van der Waals surface area (Å²) in [6, 6.07) is 0. The van der Waals surface area contributed by atoms with Crippen molar-refractivity contribution in [2.75, 3.05) is 24.7 Å². The average molecular weight is 161 g/mol. The third-order valence-corrected chi connectivity index (χ3v) is 3.38. The summed E-state index contributed by atoms with van der Waals surface area (Å²) in [5, 5.41) is 8.81. The van der Waals surface area contributed by atoms with Crippen molar-refractivity contribution in [2.24, 2.45) is 17.6 Å². The van der Waals surface area contributed by atoms with Crippen LogP contribution in [0.3, 0.4) is 0 Å². The van der Waals surface area contributed by atoms with Crippen LogP contribution in [0.5, 0.6) is 0 Å². The maximum absolute atomic E-state index is 8.81. The topological polar surface area (TPSA) is 46.2 Å². The molecule has 0 bridgehead atoms. The molecule has 60 valence electrons. The quantitative estimate of drug-likeness (QED) is 0.623. The van der Waals surface area contributed by atoms with Crippen LogP contribution in [0.15, 0.2) is 0 Å². The van der Waals surface area contributed by atoms with Gasteiger partial charge in [0.05, 0.1) is 0 Å². The third-order valence-electron chi connectivity index (χ3n) is 1.97. The summed E-state index contributed by atoms with van der Waals surface area (Å²) in [6.07, 6.45) is 1.12. The molecular formula is C7H15NOS. The highest BCUT2D eigenvalue weighted by Gasteiger charge is 2.21. The molecule has 10 heavy (non-hydrogen) atoms. The Morgan fingerprint density at radius 2 is 2.30 bits per heavy atom. The molecular weight excluding hydrogens is 146 g/mol. The summed E-state index contributed by atoms with van der Waals surface area (Å²) in [7, 11) is 0. The summed E-state index contributed by atoms with van der Waals surface area (Å²) in [5.41, 5.74) is 5.44. The van der Waals surface area contributed by atoms with E-state index < -0.39 is 0 Å². The maximum atomic E-state index is 8.81. The fraction of sp³-hybridized carbons (Fsp3) is 1.00. The summed E-state index contributed by atoms with van der Waals surface area (Å²) in [5.74, 6) is 3.74. The largest absolute Gasteiger partial charge is 0.396 e. The van der Waals surface area contributed by atoms with Crippen molar-refractivity contribution in [2.45, 2.75) is 6.42 Å². The van der Waals surface area contributed by atoms with E-state index in [0.29, 0.717) is 12.5 Å². The fourth-order valence-corrected chi connectivity index (χ4v) is 1.98. The second-order valence-electron chi connectivity index (χ2n) is 2.92. The lowest BCUT2D eigenvalue weighted by Gasteiger charge is -2.27. The highest BCUT2D eigenvalue weighted by atomic mass is 32.2. The molecule has 3 N–H and O–H groups in total. The van der Waals surface area contributed by atoms with Gasteiger partial charge >= 0.3 is 0 Å². The molecule has 0 aliphatic carbocycles. The molecule has 1 unspecified atom stereocenters. The molecule has 1 saturated heterocycles. The Balaban J connectivity index is 2.08. The number of rotatable bonds is 4. The van der Waals surface area contributed by atoms with Crippen LogP contribution in [0, 0.1) is 11.8 Å². The summed E-state index contributed by atoms with van der Waals surface area (Å²) >= 11 is 1.99. The van der Waals surface area contributed by atoms with Crippen molar-refractivity contribution >= 4 is 11.8 Å². The Hall–Kier alpha value is 0.270. The van der Waals surface area contributed by atoms with Crippen LogP contribution in [0.1, 0.15) is 6.42 Å². The number of nitrogens with two attached hydrogens (primary N) is 1. The van der Waals surface area contributed by atoms with E-state index in [2.05, 4.69) is 0 Å². The number of hydrogen-bond acceptors (Lipinski definition) is 3. The summed E-state index contributed by atoms with van der Waals surface area (Å²) < 4.78 is 0. The molecule has 0 radical (unpaired) electrons. The van der Waals surface area contributed by atoms with Gasteiger partial charge in [0.25, 0.3) is 0 Å². The van der Waals surface area contributed by atoms with Gasteiger partial charge < -0.3 is 10.8 Å². The molecule has 0 spiro atoms. The molecule has 0 aromatic heterocycles. The second-order valence-corrected chi connectivity index (χ2v) is 4.00. The molecule has 1 aliphatic rings. The minimum absolute atomic E-state index is 0.262. The zero-order valence-corrected chi connectivity index (χ0v) is 6.94. The van der Waals surface area contributed by atoms with E-state index in [9.17, 15) is 0 Å². The van der Waals surface area contributed by atoms with Crippen LogP contribution in [-0.4, -0.2) is 29.8 Å².